The SMILES string of the molecule is COc1cc(C)ccc1O[C@H](C)C(=O)NCC1CCCCC1. The molecule has 0 aliphatic heterocycles. The average molecular weight is 305 g/mol. The van der Waals surface area contributed by atoms with Gasteiger partial charge in [0.2, 0.25) is 0 Å². The van der Waals surface area contributed by atoms with E-state index in [4.69, 9.17) is 9.47 Å². The fraction of sp³-hybridized carbons (Fsp3) is 0.611. The number of amides is 1. The van der Waals surface area contributed by atoms with Crippen LogP contribution < -0.4 is 14.8 Å². The molecule has 0 unspecified atom stereocenters. The van der Waals surface area contributed by atoms with Crippen molar-refractivity contribution in [2.24, 2.45) is 5.92 Å². The van der Waals surface area contributed by atoms with Crippen molar-refractivity contribution in [3.05, 3.63) is 23.8 Å². The second kappa shape index (κ2) is 8.06. The van der Waals surface area contributed by atoms with E-state index in [1.165, 1.54) is 32.1 Å². The summed E-state index contributed by atoms with van der Waals surface area (Å²) in [6.07, 6.45) is 5.82. The molecule has 1 aromatic carbocycles. The first-order valence-electron chi connectivity index (χ1n) is 8.19. The predicted octanol–water partition coefficient (Wildman–Crippen LogP) is 3.47. The van der Waals surface area contributed by atoms with Crippen LogP contribution in [0.5, 0.6) is 11.5 Å². The van der Waals surface area contributed by atoms with E-state index in [9.17, 15) is 4.79 Å². The Balaban J connectivity index is 1.85. The molecule has 1 N–H and O–H groups in total. The van der Waals surface area contributed by atoms with E-state index in [2.05, 4.69) is 5.32 Å². The first kappa shape index (κ1) is 16.7. The van der Waals surface area contributed by atoms with E-state index in [-0.39, 0.29) is 5.91 Å². The highest BCUT2D eigenvalue weighted by molar-refractivity contribution is 5.80. The molecular formula is C18H27NO3. The zero-order valence-corrected chi connectivity index (χ0v) is 13.9. The fourth-order valence-electron chi connectivity index (χ4n) is 2.90. The second-order valence-electron chi connectivity index (χ2n) is 6.16. The number of carbonyl (C=O) groups excluding carboxylic acids is 1. The van der Waals surface area contributed by atoms with Crippen molar-refractivity contribution >= 4 is 5.91 Å². The van der Waals surface area contributed by atoms with Crippen molar-refractivity contribution in [1.82, 2.24) is 5.32 Å². The van der Waals surface area contributed by atoms with Gasteiger partial charge in [0, 0.05) is 6.54 Å². The van der Waals surface area contributed by atoms with Crippen LogP contribution in [-0.4, -0.2) is 25.7 Å². The van der Waals surface area contributed by atoms with E-state index >= 15 is 0 Å². The van der Waals surface area contributed by atoms with Gasteiger partial charge in [-0.3, -0.25) is 4.79 Å². The Labute approximate surface area is 133 Å². The smallest absolute Gasteiger partial charge is 0.260 e. The highest BCUT2D eigenvalue weighted by Crippen LogP contribution is 2.28. The largest absolute Gasteiger partial charge is 0.493 e. The van der Waals surface area contributed by atoms with Crippen molar-refractivity contribution in [1.29, 1.82) is 0 Å². The lowest BCUT2D eigenvalue weighted by Gasteiger charge is -2.23. The summed E-state index contributed by atoms with van der Waals surface area (Å²) in [6, 6.07) is 5.70. The highest BCUT2D eigenvalue weighted by atomic mass is 16.5. The van der Waals surface area contributed by atoms with Crippen molar-refractivity contribution in [3.63, 3.8) is 0 Å². The summed E-state index contributed by atoms with van der Waals surface area (Å²) >= 11 is 0. The number of ether oxygens (including phenoxy) is 2. The topological polar surface area (TPSA) is 47.6 Å². The van der Waals surface area contributed by atoms with Gasteiger partial charge in [0.25, 0.3) is 5.91 Å². The van der Waals surface area contributed by atoms with Crippen LogP contribution in [0.2, 0.25) is 0 Å². The quantitative estimate of drug-likeness (QED) is 0.875. The molecule has 1 fully saturated rings. The molecule has 1 aliphatic carbocycles. The maximum atomic E-state index is 12.2. The normalized spacial score (nSPS) is 16.9. The molecule has 1 atom stereocenters. The Hall–Kier alpha value is -1.71. The minimum absolute atomic E-state index is 0.0619. The molecule has 1 aliphatic rings. The number of benzene rings is 1. The van der Waals surface area contributed by atoms with E-state index in [0.717, 1.165) is 12.1 Å². The maximum Gasteiger partial charge on any atom is 0.260 e. The van der Waals surface area contributed by atoms with Gasteiger partial charge >= 0.3 is 0 Å². The zero-order valence-electron chi connectivity index (χ0n) is 13.9. The van der Waals surface area contributed by atoms with Gasteiger partial charge in [0.15, 0.2) is 17.6 Å². The van der Waals surface area contributed by atoms with Gasteiger partial charge in [-0.25, -0.2) is 0 Å². The standard InChI is InChI=1S/C18H27NO3/c1-13-9-10-16(17(11-13)21-3)22-14(2)18(20)19-12-15-7-5-4-6-8-15/h9-11,14-15H,4-8,12H2,1-3H3,(H,19,20)/t14-/m1/s1. The number of rotatable bonds is 6. The third-order valence-electron chi connectivity index (χ3n) is 4.28. The average Bonchev–Trinajstić information content (AvgIpc) is 2.55. The molecule has 22 heavy (non-hydrogen) atoms. The number of hydrogen-bond acceptors (Lipinski definition) is 3. The minimum atomic E-state index is -0.528. The number of hydrogen-bond donors (Lipinski definition) is 1. The van der Waals surface area contributed by atoms with Crippen LogP contribution in [0.4, 0.5) is 0 Å². The summed E-state index contributed by atoms with van der Waals surface area (Å²) in [4.78, 5) is 12.2. The molecule has 2 rings (SSSR count). The molecule has 0 radical (unpaired) electrons. The van der Waals surface area contributed by atoms with Gasteiger partial charge in [-0.05, 0) is 50.3 Å². The molecule has 1 aromatic rings. The molecule has 122 valence electrons. The molecule has 0 bridgehead atoms. The van der Waals surface area contributed by atoms with Crippen LogP contribution in [0.25, 0.3) is 0 Å². The van der Waals surface area contributed by atoms with Crippen molar-refractivity contribution in [3.8, 4) is 11.5 Å². The van der Waals surface area contributed by atoms with Crippen LogP contribution in [0.1, 0.15) is 44.6 Å². The molecule has 0 aromatic heterocycles. The molecule has 0 heterocycles. The summed E-state index contributed by atoms with van der Waals surface area (Å²) in [5.41, 5.74) is 1.10. The minimum Gasteiger partial charge on any atom is -0.493 e. The molecule has 0 spiro atoms. The molecule has 0 saturated heterocycles. The Morgan fingerprint density at radius 3 is 2.68 bits per heavy atom. The molecule has 4 nitrogen and oxygen atoms in total. The van der Waals surface area contributed by atoms with E-state index < -0.39 is 6.10 Å². The number of methoxy groups -OCH3 is 1. The van der Waals surface area contributed by atoms with E-state index in [1.807, 2.05) is 25.1 Å². The van der Waals surface area contributed by atoms with Crippen molar-refractivity contribution < 1.29 is 14.3 Å². The Bertz CT molecular complexity index is 495. The summed E-state index contributed by atoms with van der Waals surface area (Å²) in [6.45, 7) is 4.53. The van der Waals surface area contributed by atoms with E-state index in [0.29, 0.717) is 17.4 Å². The van der Waals surface area contributed by atoms with Gasteiger partial charge in [0.1, 0.15) is 0 Å². The van der Waals surface area contributed by atoms with Crippen molar-refractivity contribution in [2.75, 3.05) is 13.7 Å². The lowest BCUT2D eigenvalue weighted by Crippen LogP contribution is -2.39. The Kier molecular flexibility index (Phi) is 6.10. The first-order valence-corrected chi connectivity index (χ1v) is 8.19. The number of carbonyl (C=O) groups is 1. The van der Waals surface area contributed by atoms with Crippen molar-refractivity contribution in [2.45, 2.75) is 52.1 Å². The number of aryl methyl sites for hydroxylation is 1. The Morgan fingerprint density at radius 1 is 1.27 bits per heavy atom. The third-order valence-corrected chi connectivity index (χ3v) is 4.28. The van der Waals surface area contributed by atoms with Gasteiger partial charge in [0.05, 0.1) is 7.11 Å². The van der Waals surface area contributed by atoms with Gasteiger partial charge in [-0.2, -0.15) is 0 Å². The van der Waals surface area contributed by atoms with E-state index in [1.54, 1.807) is 14.0 Å². The van der Waals surface area contributed by atoms with Crippen LogP contribution >= 0.6 is 0 Å². The second-order valence-corrected chi connectivity index (χ2v) is 6.16. The summed E-state index contributed by atoms with van der Waals surface area (Å²) in [7, 11) is 1.61. The van der Waals surface area contributed by atoms with Gasteiger partial charge < -0.3 is 14.8 Å². The Morgan fingerprint density at radius 2 is 2.00 bits per heavy atom. The zero-order chi connectivity index (χ0) is 15.9. The lowest BCUT2D eigenvalue weighted by atomic mass is 9.89. The molecule has 1 saturated carbocycles. The van der Waals surface area contributed by atoms with Crippen LogP contribution in [0.15, 0.2) is 18.2 Å². The van der Waals surface area contributed by atoms with Crippen LogP contribution in [-0.2, 0) is 4.79 Å². The third kappa shape index (κ3) is 4.65. The predicted molar refractivity (Wildman–Crippen MR) is 87.4 cm³/mol. The summed E-state index contributed by atoms with van der Waals surface area (Å²) in [5, 5.41) is 3.02. The molecule has 1 amide bonds. The molecule has 4 heteroatoms. The van der Waals surface area contributed by atoms with Gasteiger partial charge in [-0.1, -0.05) is 25.3 Å². The maximum absolute atomic E-state index is 12.2. The lowest BCUT2D eigenvalue weighted by molar-refractivity contribution is -0.127. The number of nitrogens with one attached hydrogen (secondary N) is 1. The first-order chi connectivity index (χ1) is 10.6. The summed E-state index contributed by atoms with van der Waals surface area (Å²) < 4.78 is 11.1. The molecular weight excluding hydrogens is 278 g/mol. The highest BCUT2D eigenvalue weighted by Gasteiger charge is 2.19. The summed E-state index contributed by atoms with van der Waals surface area (Å²) in [5.74, 6) is 1.83. The fourth-order valence-corrected chi connectivity index (χ4v) is 2.90. The van der Waals surface area contributed by atoms with Crippen LogP contribution in [0, 0.1) is 12.8 Å². The van der Waals surface area contributed by atoms with Crippen LogP contribution in [0.3, 0.4) is 0 Å². The monoisotopic (exact) mass is 305 g/mol. The van der Waals surface area contributed by atoms with Gasteiger partial charge in [-0.15, -0.1) is 0 Å².